The number of hydrogen-bond acceptors (Lipinski definition) is 1. The summed E-state index contributed by atoms with van der Waals surface area (Å²) in [6.45, 7) is 1.94. The average molecular weight is 212 g/mol. The van der Waals surface area contributed by atoms with Gasteiger partial charge in [0.2, 0.25) is 0 Å². The molecule has 2 atom stereocenters. The fourth-order valence-electron chi connectivity index (χ4n) is 1.86. The number of epoxide rings is 1. The molecule has 1 heterocycles. The Morgan fingerprint density at radius 1 is 0.938 bits per heavy atom. The molecule has 1 fully saturated rings. The van der Waals surface area contributed by atoms with Gasteiger partial charge >= 0.3 is 0 Å². The Balaban J connectivity index is 2.04. The van der Waals surface area contributed by atoms with E-state index in [1.54, 1.807) is 0 Å². The summed E-state index contributed by atoms with van der Waals surface area (Å²) in [6.07, 6.45) is -2.58. The topological polar surface area (TPSA) is 12.5 Å². The Kier molecular flexibility index (Phi) is 1.80. The molecular weight excluding hydrogens is 196 g/mol. The molecule has 0 N–H and O–H groups in total. The van der Waals surface area contributed by atoms with Gasteiger partial charge in [-0.25, -0.2) is 0 Å². The first-order valence-corrected chi connectivity index (χ1v) is 5.40. The number of ether oxygens (including phenoxy) is 1. The molecule has 0 bridgehead atoms. The number of aryl methyl sites for hydroxylation is 1. The highest BCUT2D eigenvalue weighted by atomic mass is 16.6. The highest BCUT2D eigenvalue weighted by Crippen LogP contribution is 2.51. The van der Waals surface area contributed by atoms with Crippen LogP contribution in [0.2, 0.25) is 0 Å². The molecule has 2 aromatic rings. The summed E-state index contributed by atoms with van der Waals surface area (Å²) in [4.78, 5) is 0. The van der Waals surface area contributed by atoms with E-state index in [9.17, 15) is 0 Å². The lowest BCUT2D eigenvalue weighted by molar-refractivity contribution is 0.377. The molecule has 0 amide bonds. The molecule has 0 radical (unpaired) electrons. The minimum atomic E-state index is -1.29. The third-order valence-corrected chi connectivity index (χ3v) is 2.79. The van der Waals surface area contributed by atoms with E-state index < -0.39 is 12.2 Å². The summed E-state index contributed by atoms with van der Waals surface area (Å²) in [5.41, 5.74) is 2.48. The lowest BCUT2D eigenvalue weighted by Gasteiger charge is -2.00. The van der Waals surface area contributed by atoms with Gasteiger partial charge in [-0.3, -0.25) is 0 Å². The van der Waals surface area contributed by atoms with E-state index in [1.807, 2.05) is 61.5 Å². The molecule has 3 rings (SSSR count). The molecule has 2 aromatic carbocycles. The number of hydrogen-bond donors (Lipinski definition) is 0. The predicted molar refractivity (Wildman–Crippen MR) is 64.2 cm³/mol. The first-order chi connectivity index (χ1) is 8.58. The minimum absolute atomic E-state index is 0.725. The van der Waals surface area contributed by atoms with E-state index in [2.05, 4.69) is 0 Å². The summed E-state index contributed by atoms with van der Waals surface area (Å²) in [6, 6.07) is 16.9. The zero-order chi connectivity index (χ0) is 12.8. The van der Waals surface area contributed by atoms with E-state index in [4.69, 9.17) is 7.48 Å². The van der Waals surface area contributed by atoms with Gasteiger partial charge in [-0.05, 0) is 23.6 Å². The van der Waals surface area contributed by atoms with Crippen LogP contribution in [0.15, 0.2) is 54.6 Å². The van der Waals surface area contributed by atoms with Gasteiger partial charge in [0.15, 0.2) is 0 Å². The van der Waals surface area contributed by atoms with E-state index in [-0.39, 0.29) is 0 Å². The second-order valence-electron chi connectivity index (χ2n) is 3.94. The van der Waals surface area contributed by atoms with Crippen molar-refractivity contribution in [1.82, 2.24) is 0 Å². The molecule has 0 aliphatic carbocycles. The third kappa shape index (κ3) is 1.63. The third-order valence-electron chi connectivity index (χ3n) is 2.79. The largest absolute Gasteiger partial charge is 0.359 e. The summed E-state index contributed by atoms with van der Waals surface area (Å²) < 4.78 is 22.2. The fraction of sp³-hybridized carbons (Fsp3) is 0.200. The highest BCUT2D eigenvalue weighted by molar-refractivity contribution is 5.34. The quantitative estimate of drug-likeness (QED) is 0.690. The van der Waals surface area contributed by atoms with Gasteiger partial charge in [0.1, 0.15) is 12.2 Å². The number of rotatable bonds is 2. The fourth-order valence-corrected chi connectivity index (χ4v) is 1.86. The van der Waals surface area contributed by atoms with E-state index in [0.29, 0.717) is 0 Å². The van der Waals surface area contributed by atoms with Crippen molar-refractivity contribution in [2.75, 3.05) is 0 Å². The van der Waals surface area contributed by atoms with E-state index in [0.717, 1.165) is 16.7 Å². The van der Waals surface area contributed by atoms with Crippen LogP contribution in [-0.4, -0.2) is 0 Å². The molecule has 1 heteroatoms. The summed E-state index contributed by atoms with van der Waals surface area (Å²) in [5.74, 6) is 0. The smallest absolute Gasteiger partial charge is 0.114 e. The summed E-state index contributed by atoms with van der Waals surface area (Å²) in [7, 11) is 0. The maximum Gasteiger partial charge on any atom is 0.114 e. The maximum atomic E-state index is 8.41. The van der Waals surface area contributed by atoms with Crippen LogP contribution in [-0.2, 0) is 4.74 Å². The van der Waals surface area contributed by atoms with Crippen molar-refractivity contribution in [2.24, 2.45) is 0 Å². The second-order valence-corrected chi connectivity index (χ2v) is 3.94. The van der Waals surface area contributed by atoms with Crippen LogP contribution in [0.25, 0.3) is 0 Å². The molecule has 1 nitrogen and oxygen atoms in total. The average Bonchev–Trinajstić information content (AvgIpc) is 2.96. The van der Waals surface area contributed by atoms with Crippen molar-refractivity contribution in [3.63, 3.8) is 0 Å². The first kappa shape index (κ1) is 7.64. The van der Waals surface area contributed by atoms with Gasteiger partial charge in [-0.2, -0.15) is 0 Å². The van der Waals surface area contributed by atoms with Crippen LogP contribution in [0, 0.1) is 6.92 Å². The zero-order valence-electron chi connectivity index (χ0n) is 11.1. The molecule has 16 heavy (non-hydrogen) atoms. The van der Waals surface area contributed by atoms with Crippen molar-refractivity contribution < 1.29 is 7.48 Å². The Hall–Kier alpha value is -1.60. The highest BCUT2D eigenvalue weighted by Gasteiger charge is 2.41. The molecule has 0 unspecified atom stereocenters. The SMILES string of the molecule is [2H][C@]1(c2ccccc2)O[C@]1([2H])c1ccccc1C. The first-order valence-electron chi connectivity index (χ1n) is 6.40. The Morgan fingerprint density at radius 3 is 2.38 bits per heavy atom. The standard InChI is InChI=1S/C15H14O/c1-11-7-5-6-10-13(11)15-14(16-15)12-8-3-2-4-9-12/h2-10,14-15H,1H3/t14-,15-/m1/s1/i14D,15D. The predicted octanol–water partition coefficient (Wildman–Crippen LogP) is 3.81. The van der Waals surface area contributed by atoms with Gasteiger partial charge in [-0.1, -0.05) is 54.6 Å². The van der Waals surface area contributed by atoms with Crippen LogP contribution in [0.4, 0.5) is 0 Å². The molecule has 0 aromatic heterocycles. The lowest BCUT2D eigenvalue weighted by Crippen LogP contribution is -1.87. The molecular formula is C15H14O. The van der Waals surface area contributed by atoms with Gasteiger partial charge in [0.25, 0.3) is 0 Å². The Labute approximate surface area is 98.5 Å². The van der Waals surface area contributed by atoms with Gasteiger partial charge < -0.3 is 4.74 Å². The normalized spacial score (nSPS) is 34.1. The molecule has 1 aliphatic heterocycles. The number of benzene rings is 2. The van der Waals surface area contributed by atoms with Gasteiger partial charge in [-0.15, -0.1) is 0 Å². The van der Waals surface area contributed by atoms with Crippen LogP contribution < -0.4 is 0 Å². The van der Waals surface area contributed by atoms with Crippen LogP contribution in [0.3, 0.4) is 0 Å². The lowest BCUT2D eigenvalue weighted by atomic mass is 10.0. The molecule has 0 spiro atoms. The Morgan fingerprint density at radius 2 is 1.62 bits per heavy atom. The van der Waals surface area contributed by atoms with Crippen LogP contribution in [0.1, 0.15) is 31.6 Å². The Bertz CT molecular complexity index is 584. The summed E-state index contributed by atoms with van der Waals surface area (Å²) in [5, 5.41) is 0. The zero-order valence-corrected chi connectivity index (χ0v) is 9.10. The van der Waals surface area contributed by atoms with Crippen LogP contribution >= 0.6 is 0 Å². The maximum absolute atomic E-state index is 8.41. The van der Waals surface area contributed by atoms with E-state index >= 15 is 0 Å². The van der Waals surface area contributed by atoms with Crippen molar-refractivity contribution in [3.8, 4) is 0 Å². The molecule has 80 valence electrons. The van der Waals surface area contributed by atoms with Crippen molar-refractivity contribution in [3.05, 3.63) is 71.3 Å². The molecule has 1 saturated heterocycles. The summed E-state index contributed by atoms with van der Waals surface area (Å²) >= 11 is 0. The van der Waals surface area contributed by atoms with Crippen molar-refractivity contribution in [2.45, 2.75) is 19.1 Å². The molecule has 1 aliphatic rings. The van der Waals surface area contributed by atoms with Gasteiger partial charge in [0.05, 0.1) is 2.74 Å². The van der Waals surface area contributed by atoms with Crippen LogP contribution in [0.5, 0.6) is 0 Å². The van der Waals surface area contributed by atoms with Gasteiger partial charge in [0, 0.05) is 0 Å². The minimum Gasteiger partial charge on any atom is -0.359 e. The molecule has 0 saturated carbocycles. The second kappa shape index (κ2) is 3.76. The van der Waals surface area contributed by atoms with E-state index in [1.165, 1.54) is 0 Å². The van der Waals surface area contributed by atoms with Crippen molar-refractivity contribution in [1.29, 1.82) is 0 Å². The monoisotopic (exact) mass is 212 g/mol. The van der Waals surface area contributed by atoms with Crippen molar-refractivity contribution >= 4 is 0 Å².